The van der Waals surface area contributed by atoms with E-state index < -0.39 is 107 Å². The first-order valence-corrected chi connectivity index (χ1v) is 22.4. The maximum Gasteiger partial charge on any atom is 0.288 e. The Labute approximate surface area is 393 Å². The number of amidine groups is 1. The molecule has 9 amide bonds. The summed E-state index contributed by atoms with van der Waals surface area (Å²) in [4.78, 5) is 117. The highest BCUT2D eigenvalue weighted by Crippen LogP contribution is 2.17. The van der Waals surface area contributed by atoms with Crippen LogP contribution in [0.2, 0.25) is 0 Å². The first-order valence-electron chi connectivity index (χ1n) is 22.4. The van der Waals surface area contributed by atoms with Gasteiger partial charge in [0.2, 0.25) is 53.1 Å². The zero-order chi connectivity index (χ0) is 51.3. The number of phenols is 1. The Morgan fingerprint density at radius 1 is 0.672 bits per heavy atom. The Kier molecular flexibility index (Phi) is 24.3. The summed E-state index contributed by atoms with van der Waals surface area (Å²) in [5, 5.41) is 35.0. The molecular weight excluding hydrogens is 871 g/mol. The van der Waals surface area contributed by atoms with Crippen LogP contribution in [0.4, 0.5) is 5.69 Å². The van der Waals surface area contributed by atoms with Crippen molar-refractivity contribution in [2.24, 2.45) is 46.1 Å². The van der Waals surface area contributed by atoms with Gasteiger partial charge < -0.3 is 59.1 Å². The van der Waals surface area contributed by atoms with E-state index in [9.17, 15) is 48.3 Å². The quantitative estimate of drug-likeness (QED) is 0.0165. The largest absolute Gasteiger partial charge is 0.508 e. The molecule has 0 radical (unpaired) electrons. The van der Waals surface area contributed by atoms with E-state index in [1.54, 1.807) is 27.7 Å². The molecule has 0 aliphatic heterocycles. The van der Waals surface area contributed by atoms with Gasteiger partial charge in [-0.25, -0.2) is 5.84 Å². The Morgan fingerprint density at radius 3 is 1.73 bits per heavy atom. The second-order valence-corrected chi connectivity index (χ2v) is 18.5. The number of rotatable bonds is 27. The molecule has 1 aromatic carbocycles. The van der Waals surface area contributed by atoms with Crippen LogP contribution in [-0.4, -0.2) is 113 Å². The van der Waals surface area contributed by atoms with Gasteiger partial charge in [0, 0.05) is 13.5 Å². The Bertz CT molecular complexity index is 1900. The highest BCUT2D eigenvalue weighted by atomic mass is 16.3. The lowest BCUT2D eigenvalue weighted by molar-refractivity contribution is -0.138. The van der Waals surface area contributed by atoms with Gasteiger partial charge >= 0.3 is 0 Å². The zero-order valence-corrected chi connectivity index (χ0v) is 40.7. The number of hydrogen-bond donors (Lipinski definition) is 12. The molecule has 23 nitrogen and oxygen atoms in total. The van der Waals surface area contributed by atoms with Gasteiger partial charge in [-0.2, -0.15) is 5.12 Å². The summed E-state index contributed by atoms with van der Waals surface area (Å²) >= 11 is 0. The normalized spacial score (nSPS) is 13.9. The van der Waals surface area contributed by atoms with Crippen molar-refractivity contribution in [2.45, 2.75) is 144 Å². The van der Waals surface area contributed by atoms with E-state index in [4.69, 9.17) is 17.3 Å². The SMILES string of the molecule is CC(=O)NC(C(=O)NCC(=O)NC(CC(C)C)C(=O)NC(C)(C)C(=O)NC(C(=O)N[C@@H](CCCCNC(=O)/C(N)=N/N(N)c1ccc(O)cc1)C(=O)NC(CC(C)C)C(N)=O)C(C)C)C(C)C. The minimum Gasteiger partial charge on any atom is -0.508 e. The summed E-state index contributed by atoms with van der Waals surface area (Å²) in [6, 6.07) is 0.182. The average molecular weight is 946 g/mol. The third-order valence-electron chi connectivity index (χ3n) is 10.1. The third-order valence-corrected chi connectivity index (χ3v) is 10.1. The predicted molar refractivity (Wildman–Crippen MR) is 252 cm³/mol. The molecule has 1 rings (SSSR count). The first kappa shape index (κ1) is 58.5. The number of unbranched alkanes of at least 4 members (excludes halogenated alkanes) is 1. The number of nitrogens with two attached hydrogens (primary N) is 3. The lowest BCUT2D eigenvalue weighted by atomic mass is 9.97. The average Bonchev–Trinajstić information content (AvgIpc) is 3.21. The van der Waals surface area contributed by atoms with Gasteiger partial charge in [0.05, 0.1) is 12.2 Å². The monoisotopic (exact) mass is 946 g/mol. The van der Waals surface area contributed by atoms with Crippen molar-refractivity contribution in [3.63, 3.8) is 0 Å². The van der Waals surface area contributed by atoms with Crippen molar-refractivity contribution in [2.75, 3.05) is 18.2 Å². The van der Waals surface area contributed by atoms with Crippen LogP contribution >= 0.6 is 0 Å². The summed E-state index contributed by atoms with van der Waals surface area (Å²) < 4.78 is 0. The van der Waals surface area contributed by atoms with Crippen LogP contribution in [0.15, 0.2) is 29.4 Å². The van der Waals surface area contributed by atoms with E-state index in [-0.39, 0.29) is 55.7 Å². The molecule has 23 heteroatoms. The van der Waals surface area contributed by atoms with E-state index in [2.05, 4.69) is 47.6 Å². The maximum atomic E-state index is 13.9. The lowest BCUT2D eigenvalue weighted by Crippen LogP contribution is -2.63. The van der Waals surface area contributed by atoms with Crippen molar-refractivity contribution in [1.82, 2.24) is 42.5 Å². The first-order chi connectivity index (χ1) is 31.1. The number of anilines is 1. The van der Waals surface area contributed by atoms with E-state index in [0.717, 1.165) is 5.12 Å². The van der Waals surface area contributed by atoms with Gasteiger partial charge in [0.25, 0.3) is 5.91 Å². The fourth-order valence-corrected chi connectivity index (χ4v) is 6.40. The van der Waals surface area contributed by atoms with Gasteiger partial charge in [-0.05, 0) is 93.9 Å². The van der Waals surface area contributed by atoms with Gasteiger partial charge in [0.1, 0.15) is 41.5 Å². The number of hydrogen-bond acceptors (Lipinski definition) is 13. The lowest BCUT2D eigenvalue weighted by Gasteiger charge is -2.32. The number of amides is 9. The summed E-state index contributed by atoms with van der Waals surface area (Å²) in [6.45, 7) is 17.8. The smallest absolute Gasteiger partial charge is 0.288 e. The van der Waals surface area contributed by atoms with E-state index in [1.807, 2.05) is 27.7 Å². The zero-order valence-electron chi connectivity index (χ0n) is 40.7. The number of hydrazone groups is 1. The molecule has 4 unspecified atom stereocenters. The van der Waals surface area contributed by atoms with Crippen molar-refractivity contribution in [1.29, 1.82) is 0 Å². The van der Waals surface area contributed by atoms with Crippen LogP contribution in [0.1, 0.15) is 108 Å². The molecule has 15 N–H and O–H groups in total. The van der Waals surface area contributed by atoms with Crippen LogP contribution in [0.25, 0.3) is 0 Å². The summed E-state index contributed by atoms with van der Waals surface area (Å²) in [5.41, 5.74) is 10.1. The standard InChI is InChI=1S/C44H75N13O10/c1-23(2)20-31(37(46)61)53-38(62)30(14-12-13-19-48-42(66)36(45)56-57(47)28-15-17-29(59)18-16-28)52-41(65)35(26(7)8)54-43(67)44(10,11)55-39(63)32(21-24(3)4)51-33(60)22-49-40(64)34(25(5)6)50-27(9)58/h15-18,23-26,30-32,34-35,59H,12-14,19-22,47H2,1-11H3,(H2,45,56)(H2,46,61)(H,48,66)(H,49,64)(H,50,58)(H,51,60)(H,52,65)(H,53,62)(H,54,67)(H,55,63)/t30-,31?,32?,34?,35?/m0/s1. The Balaban J connectivity index is 3.13. The summed E-state index contributed by atoms with van der Waals surface area (Å²) in [5.74, 6) is -1.61. The summed E-state index contributed by atoms with van der Waals surface area (Å²) in [7, 11) is 0. The topological polar surface area (TPSA) is 364 Å². The number of nitrogens with one attached hydrogen (secondary N) is 8. The van der Waals surface area contributed by atoms with Gasteiger partial charge in [-0.1, -0.05) is 55.4 Å². The molecule has 0 bridgehead atoms. The third kappa shape index (κ3) is 21.6. The number of aromatic hydroxyl groups is 1. The highest BCUT2D eigenvalue weighted by molar-refractivity contribution is 6.37. The molecule has 0 aliphatic carbocycles. The number of carbonyl (C=O) groups excluding carboxylic acids is 9. The molecule has 0 saturated heterocycles. The summed E-state index contributed by atoms with van der Waals surface area (Å²) in [6.07, 6.45) is 0.998. The fraction of sp³-hybridized carbons (Fsp3) is 0.636. The fourth-order valence-electron chi connectivity index (χ4n) is 6.40. The number of hydrazine groups is 1. The van der Waals surface area contributed by atoms with E-state index in [0.29, 0.717) is 12.1 Å². The van der Waals surface area contributed by atoms with Crippen LogP contribution < -0.4 is 65.0 Å². The van der Waals surface area contributed by atoms with Gasteiger partial charge in [-0.3, -0.25) is 43.2 Å². The second kappa shape index (κ2) is 27.8. The van der Waals surface area contributed by atoms with Crippen LogP contribution in [-0.2, 0) is 43.2 Å². The number of phenolic OH excluding ortho intramolecular Hbond substituents is 1. The maximum absolute atomic E-state index is 13.9. The second-order valence-electron chi connectivity index (χ2n) is 18.5. The Hall–Kier alpha value is -6.52. The predicted octanol–water partition coefficient (Wildman–Crippen LogP) is -1.02. The number of primary amides is 1. The number of carbonyl (C=O) groups is 9. The molecular formula is C44H75N13O10. The van der Waals surface area contributed by atoms with Crippen molar-refractivity contribution >= 4 is 64.7 Å². The van der Waals surface area contributed by atoms with Crippen molar-refractivity contribution in [3.05, 3.63) is 24.3 Å². The van der Waals surface area contributed by atoms with Crippen LogP contribution in [0.5, 0.6) is 5.75 Å². The molecule has 67 heavy (non-hydrogen) atoms. The van der Waals surface area contributed by atoms with E-state index >= 15 is 0 Å². The van der Waals surface area contributed by atoms with Crippen molar-refractivity contribution < 1.29 is 48.3 Å². The molecule has 0 spiro atoms. The molecule has 1 aromatic rings. The molecule has 5 atom stereocenters. The minimum atomic E-state index is -1.64. The molecule has 0 heterocycles. The van der Waals surface area contributed by atoms with Crippen molar-refractivity contribution in [3.8, 4) is 5.75 Å². The van der Waals surface area contributed by atoms with Gasteiger partial charge in [0.15, 0.2) is 0 Å². The number of nitrogens with zero attached hydrogens (tertiary/aromatic N) is 2. The Morgan fingerprint density at radius 2 is 1.21 bits per heavy atom. The van der Waals surface area contributed by atoms with Crippen LogP contribution in [0, 0.1) is 23.7 Å². The molecule has 0 aliphatic rings. The molecule has 376 valence electrons. The number of benzene rings is 1. The molecule has 0 saturated carbocycles. The van der Waals surface area contributed by atoms with Crippen LogP contribution in [0.3, 0.4) is 0 Å². The van der Waals surface area contributed by atoms with E-state index in [1.165, 1.54) is 45.0 Å². The van der Waals surface area contributed by atoms with Gasteiger partial charge in [-0.15, -0.1) is 5.10 Å². The molecule has 0 fully saturated rings. The highest BCUT2D eigenvalue weighted by Gasteiger charge is 2.37. The molecule has 0 aromatic heterocycles. The minimum absolute atomic E-state index is 0.00464.